The highest BCUT2D eigenvalue weighted by molar-refractivity contribution is 7.23. The number of fused-ring (bicyclic) bond motifs is 30. The van der Waals surface area contributed by atoms with Gasteiger partial charge in [-0.05, 0) is 264 Å². The van der Waals surface area contributed by atoms with Crippen LogP contribution in [-0.4, -0.2) is 0 Å². The van der Waals surface area contributed by atoms with Crippen molar-refractivity contribution in [3.05, 3.63) is 516 Å². The summed E-state index contributed by atoms with van der Waals surface area (Å²) in [5.74, 6) is 0. The first-order valence-electron chi connectivity index (χ1n) is 43.6. The Morgan fingerprint density at radius 1 is 0.206 bits per heavy atom. The summed E-state index contributed by atoms with van der Waals surface area (Å²) in [6, 6.07) is 169. The molecular formula is C121H74N2OS2. The smallest absolute Gasteiger partial charge is 0.159 e. The quantitative estimate of drug-likeness (QED) is 0.122. The summed E-state index contributed by atoms with van der Waals surface area (Å²) in [6.07, 6.45) is 0. The van der Waals surface area contributed by atoms with Crippen molar-refractivity contribution in [3.8, 4) is 98.8 Å². The normalized spacial score (nSPS) is 15.3. The lowest BCUT2D eigenvalue weighted by atomic mass is 9.67. The van der Waals surface area contributed by atoms with Crippen LogP contribution in [0.15, 0.2) is 453 Å². The molecule has 0 saturated carbocycles. The van der Waals surface area contributed by atoms with Gasteiger partial charge in [0.25, 0.3) is 0 Å². The molecule has 2 atom stereocenters. The summed E-state index contributed by atoms with van der Waals surface area (Å²) in [4.78, 5) is 7.49. The lowest BCUT2D eigenvalue weighted by Gasteiger charge is -2.35. The lowest BCUT2D eigenvalue weighted by molar-refractivity contribution is 0.669. The van der Waals surface area contributed by atoms with Gasteiger partial charge in [0.2, 0.25) is 0 Å². The second-order valence-corrected chi connectivity index (χ2v) is 36.3. The van der Waals surface area contributed by atoms with Crippen LogP contribution in [-0.2, 0) is 16.2 Å². The standard InChI is InChI=1S/C121H74N2OS2/c1-5-27-75(28-6-1)76-51-60-85(61-52-76)122(88-66-69-92-90-35-13-19-43-101(90)119(108(92)74-88,82-29-7-2-8-30-82)83-31-9-3-10-32-83)86-62-53-77(54-63-86)79-59-70-105-100(71-79)91-36-14-20-44-102(91)120(105)104-46-22-16-39-96(104)117-115(120)99-68-58-81(73-112(99)126-117)80-57-67-97-107(72-80)121(114-98-40-18-24-50-111(98)125-118(97)114)103-45-21-15-38-95(103)113-89(41-25-47-106(113)121)78-55-64-87(65-56-78)123(84-33-11-4-12-34-84)109-48-26-42-94-93-37-17-23-49-110(93)124-116(94)109/h1-74H. The molecule has 3 heterocycles. The predicted octanol–water partition coefficient (Wildman–Crippen LogP) is 32.7. The van der Waals surface area contributed by atoms with Crippen molar-refractivity contribution in [3.63, 3.8) is 0 Å². The summed E-state index contributed by atoms with van der Waals surface area (Å²) in [7, 11) is 0. The third kappa shape index (κ3) is 9.87. The van der Waals surface area contributed by atoms with Crippen LogP contribution in [0.3, 0.4) is 0 Å². The Labute approximate surface area is 738 Å². The van der Waals surface area contributed by atoms with Gasteiger partial charge in [0.05, 0.1) is 21.9 Å². The molecule has 0 N–H and O–H groups in total. The number of nitrogens with zero attached hydrogens (tertiary/aromatic N) is 2. The molecule has 0 amide bonds. The molecule has 0 aliphatic heterocycles. The number of anilines is 6. The second-order valence-electron chi connectivity index (χ2n) is 34.2. The average molecular weight is 1640 g/mol. The van der Waals surface area contributed by atoms with E-state index in [1.165, 1.54) is 175 Å². The monoisotopic (exact) mass is 1630 g/mol. The first-order valence-corrected chi connectivity index (χ1v) is 45.2. The van der Waals surface area contributed by atoms with Gasteiger partial charge in [-0.2, -0.15) is 0 Å². The Balaban J connectivity index is 0.563. The first-order chi connectivity index (χ1) is 62.5. The van der Waals surface area contributed by atoms with Gasteiger partial charge in [0, 0.05) is 58.4 Å². The van der Waals surface area contributed by atoms with E-state index in [9.17, 15) is 0 Å². The number of furan rings is 1. The molecule has 5 aliphatic rings. The summed E-state index contributed by atoms with van der Waals surface area (Å²) in [5.41, 5.74) is 42.0. The SMILES string of the molecule is c1ccc(-c2ccc(N(c3ccc(-c4ccc5c(c4)-c4ccccc4C54c5ccccc5-c5sc6cc(-c7ccc8c(c7)C7(c9ccccc9-c9c(-c%10ccc(N(c%11ccccc%11)c%11cccc%12c%11oc%11ccccc%11%12)cc%10)cccc97)c7c-8sc8ccccc78)ccc6c54)cc3)c3ccc4c(c3)C(c3ccccc3)(c3ccccc3)c3ccccc3-4)cc2)cc1. The fourth-order valence-electron chi connectivity index (χ4n) is 23.1. The molecule has 5 heteroatoms. The minimum atomic E-state index is -0.606. The molecule has 27 rings (SSSR count). The molecule has 2 spiro atoms. The van der Waals surface area contributed by atoms with Gasteiger partial charge in [-0.3, -0.25) is 0 Å². The number of para-hydroxylation sites is 3. The molecule has 0 radical (unpaired) electrons. The molecule has 19 aromatic carbocycles. The summed E-state index contributed by atoms with van der Waals surface area (Å²) >= 11 is 3.90. The van der Waals surface area contributed by atoms with Gasteiger partial charge < -0.3 is 14.2 Å². The highest BCUT2D eigenvalue weighted by Crippen LogP contribution is 2.70. The second kappa shape index (κ2) is 27.2. The molecule has 0 bridgehead atoms. The van der Waals surface area contributed by atoms with E-state index in [0.717, 1.165) is 67.2 Å². The van der Waals surface area contributed by atoms with Crippen molar-refractivity contribution >= 4 is 98.9 Å². The topological polar surface area (TPSA) is 19.6 Å². The van der Waals surface area contributed by atoms with Gasteiger partial charge in [0.15, 0.2) is 5.58 Å². The van der Waals surface area contributed by atoms with Crippen LogP contribution in [0, 0.1) is 0 Å². The van der Waals surface area contributed by atoms with Crippen molar-refractivity contribution in [2.24, 2.45) is 0 Å². The minimum Gasteiger partial charge on any atom is -0.454 e. The maximum atomic E-state index is 6.73. The van der Waals surface area contributed by atoms with Crippen LogP contribution in [0.2, 0.25) is 0 Å². The van der Waals surface area contributed by atoms with E-state index in [2.05, 4.69) is 453 Å². The Morgan fingerprint density at radius 3 is 1.33 bits per heavy atom. The molecule has 5 aliphatic carbocycles. The largest absolute Gasteiger partial charge is 0.454 e. The maximum Gasteiger partial charge on any atom is 0.159 e. The number of hydrogen-bond donors (Lipinski definition) is 0. The average Bonchev–Trinajstić information content (AvgIpc) is 1.50. The van der Waals surface area contributed by atoms with Crippen LogP contribution >= 0.6 is 22.7 Å². The molecule has 3 nitrogen and oxygen atoms in total. The summed E-state index contributed by atoms with van der Waals surface area (Å²) in [5, 5.41) is 4.83. The van der Waals surface area contributed by atoms with E-state index in [-0.39, 0.29) is 0 Å². The molecule has 0 fully saturated rings. The van der Waals surface area contributed by atoms with Crippen LogP contribution in [0.4, 0.5) is 34.1 Å². The van der Waals surface area contributed by atoms with Gasteiger partial charge in [-0.25, -0.2) is 0 Å². The maximum absolute atomic E-state index is 6.73. The number of hydrogen-bond acceptors (Lipinski definition) is 5. The van der Waals surface area contributed by atoms with Crippen molar-refractivity contribution in [2.75, 3.05) is 9.80 Å². The fraction of sp³-hybridized carbons (Fsp3) is 0.0248. The Bertz CT molecular complexity index is 8230. The molecule has 22 aromatic rings. The lowest BCUT2D eigenvalue weighted by Crippen LogP contribution is -2.28. The van der Waals surface area contributed by atoms with Gasteiger partial charge in [0.1, 0.15) is 5.58 Å². The van der Waals surface area contributed by atoms with Crippen molar-refractivity contribution in [1.82, 2.24) is 0 Å². The Hall–Kier alpha value is -15.5. The van der Waals surface area contributed by atoms with Crippen LogP contribution in [0.25, 0.3) is 141 Å². The van der Waals surface area contributed by atoms with Gasteiger partial charge in [-0.15, -0.1) is 22.7 Å². The zero-order valence-corrected chi connectivity index (χ0v) is 70.0. The van der Waals surface area contributed by atoms with E-state index in [4.69, 9.17) is 4.42 Å². The molecule has 2 unspecified atom stereocenters. The first kappa shape index (κ1) is 71.1. The Kier molecular flexibility index (Phi) is 15.4. The minimum absolute atomic E-state index is 0.551. The van der Waals surface area contributed by atoms with Crippen LogP contribution < -0.4 is 9.80 Å². The van der Waals surface area contributed by atoms with Gasteiger partial charge >= 0.3 is 0 Å². The molecular weight excluding hydrogens is 1560 g/mol. The highest BCUT2D eigenvalue weighted by Gasteiger charge is 2.56. The molecule has 0 saturated heterocycles. The third-order valence-corrected chi connectivity index (χ3v) is 30.6. The summed E-state index contributed by atoms with van der Waals surface area (Å²) in [6.45, 7) is 0. The van der Waals surface area contributed by atoms with E-state index in [1.54, 1.807) is 0 Å². The van der Waals surface area contributed by atoms with Crippen LogP contribution in [0.1, 0.15) is 66.8 Å². The van der Waals surface area contributed by atoms with E-state index >= 15 is 0 Å². The van der Waals surface area contributed by atoms with Crippen LogP contribution in [0.5, 0.6) is 0 Å². The van der Waals surface area contributed by atoms with E-state index in [0.29, 0.717) is 0 Å². The van der Waals surface area contributed by atoms with Gasteiger partial charge in [-0.1, -0.05) is 352 Å². The molecule has 3 aromatic heterocycles. The summed E-state index contributed by atoms with van der Waals surface area (Å²) < 4.78 is 9.33. The number of benzene rings is 19. The van der Waals surface area contributed by atoms with E-state index in [1.807, 2.05) is 28.7 Å². The molecule has 586 valence electrons. The number of thiophene rings is 2. The zero-order valence-electron chi connectivity index (χ0n) is 68.3. The van der Waals surface area contributed by atoms with Crippen molar-refractivity contribution in [1.29, 1.82) is 0 Å². The number of rotatable bonds is 12. The predicted molar refractivity (Wildman–Crippen MR) is 525 cm³/mol. The third-order valence-electron chi connectivity index (χ3n) is 28.2. The Morgan fingerprint density at radius 2 is 0.619 bits per heavy atom. The zero-order chi connectivity index (χ0) is 82.5. The molecule has 126 heavy (non-hydrogen) atoms. The van der Waals surface area contributed by atoms with E-state index < -0.39 is 16.2 Å². The van der Waals surface area contributed by atoms with Crippen molar-refractivity contribution in [2.45, 2.75) is 16.2 Å². The highest BCUT2D eigenvalue weighted by atomic mass is 32.1. The van der Waals surface area contributed by atoms with Crippen molar-refractivity contribution < 1.29 is 4.42 Å². The fourth-order valence-corrected chi connectivity index (χ4v) is 25.7.